The highest BCUT2D eigenvalue weighted by atomic mass is 19.4. The van der Waals surface area contributed by atoms with Crippen LogP contribution in [0.1, 0.15) is 13.3 Å². The molecule has 5 nitrogen and oxygen atoms in total. The van der Waals surface area contributed by atoms with Crippen molar-refractivity contribution < 1.29 is 31.5 Å². The van der Waals surface area contributed by atoms with Crippen LogP contribution in [0.4, 0.5) is 32.6 Å². The first-order chi connectivity index (χ1) is 12.7. The summed E-state index contributed by atoms with van der Waals surface area (Å²) in [6.45, 7) is 1.15. The largest absolute Gasteiger partial charge is 0.453 e. The third kappa shape index (κ3) is 6.08. The number of alkyl halides is 3. The van der Waals surface area contributed by atoms with Gasteiger partial charge in [0.15, 0.2) is 11.6 Å². The summed E-state index contributed by atoms with van der Waals surface area (Å²) in [5.74, 6) is -2.40. The predicted molar refractivity (Wildman–Crippen MR) is 87.6 cm³/mol. The standard InChI is InChI=1S/C17H16F5N3O2/c1-2-25(9-8-17(20,21)22)16(26)24-14-7-6-11(10-23-14)27-13-5-3-4-12(18)15(13)19/h3-7,10H,2,8-9H2,1H3,(H,23,24,26). The van der Waals surface area contributed by atoms with Crippen LogP contribution < -0.4 is 10.1 Å². The van der Waals surface area contributed by atoms with Crippen molar-refractivity contribution in [2.24, 2.45) is 0 Å². The first kappa shape index (κ1) is 20.4. The number of aromatic nitrogens is 1. The summed E-state index contributed by atoms with van der Waals surface area (Å²) >= 11 is 0. The van der Waals surface area contributed by atoms with E-state index in [1.165, 1.54) is 24.3 Å². The third-order valence-electron chi connectivity index (χ3n) is 3.45. The highest BCUT2D eigenvalue weighted by molar-refractivity contribution is 5.88. The monoisotopic (exact) mass is 389 g/mol. The number of hydrogen-bond donors (Lipinski definition) is 1. The van der Waals surface area contributed by atoms with Gasteiger partial charge in [0, 0.05) is 13.1 Å². The Morgan fingerprint density at radius 3 is 2.56 bits per heavy atom. The van der Waals surface area contributed by atoms with Crippen LogP contribution in [0.25, 0.3) is 0 Å². The first-order valence-corrected chi connectivity index (χ1v) is 7.90. The fourth-order valence-corrected chi connectivity index (χ4v) is 2.06. The molecule has 2 rings (SSSR count). The van der Waals surface area contributed by atoms with Crippen LogP contribution >= 0.6 is 0 Å². The molecule has 0 atom stereocenters. The summed E-state index contributed by atoms with van der Waals surface area (Å²) in [5, 5.41) is 2.36. The highest BCUT2D eigenvalue weighted by Gasteiger charge is 2.28. The van der Waals surface area contributed by atoms with Crippen molar-refractivity contribution in [3.8, 4) is 11.5 Å². The average molecular weight is 389 g/mol. The molecule has 27 heavy (non-hydrogen) atoms. The maximum atomic E-state index is 13.6. The van der Waals surface area contributed by atoms with Crippen molar-refractivity contribution in [1.29, 1.82) is 0 Å². The maximum absolute atomic E-state index is 13.6. The third-order valence-corrected chi connectivity index (χ3v) is 3.45. The Morgan fingerprint density at radius 2 is 1.96 bits per heavy atom. The average Bonchev–Trinajstić information content (AvgIpc) is 2.60. The van der Waals surface area contributed by atoms with E-state index in [0.29, 0.717) is 0 Å². The van der Waals surface area contributed by atoms with Gasteiger partial charge >= 0.3 is 12.2 Å². The minimum Gasteiger partial charge on any atom is -0.453 e. The number of ether oxygens (including phenoxy) is 1. The smallest absolute Gasteiger partial charge is 0.390 e. The van der Waals surface area contributed by atoms with Crippen LogP contribution in [0.15, 0.2) is 36.5 Å². The van der Waals surface area contributed by atoms with E-state index in [2.05, 4.69) is 10.3 Å². The topological polar surface area (TPSA) is 54.5 Å². The van der Waals surface area contributed by atoms with Crippen LogP contribution in [0.2, 0.25) is 0 Å². The van der Waals surface area contributed by atoms with Gasteiger partial charge in [0.05, 0.1) is 12.6 Å². The number of carbonyl (C=O) groups is 1. The molecule has 1 heterocycles. The van der Waals surface area contributed by atoms with Gasteiger partial charge in [-0.25, -0.2) is 14.2 Å². The van der Waals surface area contributed by atoms with Gasteiger partial charge in [0.1, 0.15) is 11.6 Å². The molecule has 0 spiro atoms. The lowest BCUT2D eigenvalue weighted by Gasteiger charge is -2.21. The summed E-state index contributed by atoms with van der Waals surface area (Å²) in [5.41, 5.74) is 0. The summed E-state index contributed by atoms with van der Waals surface area (Å²) in [4.78, 5) is 16.9. The highest BCUT2D eigenvalue weighted by Crippen LogP contribution is 2.26. The first-order valence-electron chi connectivity index (χ1n) is 7.90. The molecule has 1 N–H and O–H groups in total. The number of urea groups is 1. The van der Waals surface area contributed by atoms with Crippen molar-refractivity contribution in [2.75, 3.05) is 18.4 Å². The number of nitrogens with zero attached hydrogens (tertiary/aromatic N) is 2. The molecule has 0 saturated carbocycles. The molecule has 0 aliphatic heterocycles. The van der Waals surface area contributed by atoms with Crippen molar-refractivity contribution in [3.63, 3.8) is 0 Å². The Bertz CT molecular complexity index is 781. The second kappa shape index (κ2) is 8.65. The van der Waals surface area contributed by atoms with E-state index in [0.717, 1.165) is 17.2 Å². The molecule has 1 aromatic carbocycles. The Kier molecular flexibility index (Phi) is 6.54. The molecule has 10 heteroatoms. The maximum Gasteiger partial charge on any atom is 0.390 e. The van der Waals surface area contributed by atoms with Crippen LogP contribution in [0.3, 0.4) is 0 Å². The lowest BCUT2D eigenvalue weighted by Crippen LogP contribution is -2.37. The SMILES string of the molecule is CCN(CCC(F)(F)F)C(=O)Nc1ccc(Oc2cccc(F)c2F)cn1. The lowest BCUT2D eigenvalue weighted by atomic mass is 10.3. The van der Waals surface area contributed by atoms with E-state index in [-0.39, 0.29) is 23.9 Å². The van der Waals surface area contributed by atoms with Gasteiger partial charge in [-0.1, -0.05) is 6.07 Å². The minimum absolute atomic E-state index is 0.0672. The molecule has 0 saturated heterocycles. The Balaban J connectivity index is 1.98. The number of halogens is 5. The van der Waals surface area contributed by atoms with Crippen LogP contribution in [-0.4, -0.2) is 35.2 Å². The van der Waals surface area contributed by atoms with Gasteiger partial charge in [0.2, 0.25) is 5.82 Å². The lowest BCUT2D eigenvalue weighted by molar-refractivity contribution is -0.136. The number of rotatable bonds is 6. The van der Waals surface area contributed by atoms with Crippen LogP contribution in [-0.2, 0) is 0 Å². The Morgan fingerprint density at radius 1 is 1.22 bits per heavy atom. The van der Waals surface area contributed by atoms with Crippen molar-refractivity contribution in [1.82, 2.24) is 9.88 Å². The summed E-state index contributed by atoms with van der Waals surface area (Å²) < 4.78 is 68.7. The zero-order valence-electron chi connectivity index (χ0n) is 14.2. The fourth-order valence-electron chi connectivity index (χ4n) is 2.06. The molecule has 2 aromatic rings. The van der Waals surface area contributed by atoms with E-state index in [1.54, 1.807) is 6.92 Å². The van der Waals surface area contributed by atoms with Gasteiger partial charge in [-0.15, -0.1) is 0 Å². The van der Waals surface area contributed by atoms with E-state index in [4.69, 9.17) is 4.74 Å². The molecule has 0 aliphatic rings. The van der Waals surface area contributed by atoms with E-state index < -0.39 is 36.8 Å². The Labute approximate surface area is 151 Å². The number of anilines is 1. The number of amides is 2. The van der Waals surface area contributed by atoms with Gasteiger partial charge < -0.3 is 9.64 Å². The number of hydrogen-bond acceptors (Lipinski definition) is 3. The molecular formula is C17H16F5N3O2. The van der Waals surface area contributed by atoms with Gasteiger partial charge in [-0.05, 0) is 31.2 Å². The Hall–Kier alpha value is -2.91. The van der Waals surface area contributed by atoms with E-state index in [9.17, 15) is 26.7 Å². The van der Waals surface area contributed by atoms with Gasteiger partial charge in [-0.3, -0.25) is 5.32 Å². The van der Waals surface area contributed by atoms with Crippen LogP contribution in [0.5, 0.6) is 11.5 Å². The second-order valence-corrected chi connectivity index (χ2v) is 5.41. The van der Waals surface area contributed by atoms with Crippen molar-refractivity contribution in [2.45, 2.75) is 19.5 Å². The number of nitrogens with one attached hydrogen (secondary N) is 1. The van der Waals surface area contributed by atoms with E-state index >= 15 is 0 Å². The quantitative estimate of drug-likeness (QED) is 0.711. The zero-order chi connectivity index (χ0) is 20.0. The van der Waals surface area contributed by atoms with Crippen molar-refractivity contribution >= 4 is 11.8 Å². The van der Waals surface area contributed by atoms with Gasteiger partial charge in [-0.2, -0.15) is 17.6 Å². The zero-order valence-corrected chi connectivity index (χ0v) is 14.2. The minimum atomic E-state index is -4.36. The normalized spacial score (nSPS) is 11.2. The summed E-state index contributed by atoms with van der Waals surface area (Å²) in [6.07, 6.45) is -4.32. The molecule has 0 fully saturated rings. The molecule has 0 bridgehead atoms. The molecular weight excluding hydrogens is 373 g/mol. The molecule has 1 aromatic heterocycles. The molecule has 0 aliphatic carbocycles. The molecule has 0 unspecified atom stereocenters. The number of pyridine rings is 1. The second-order valence-electron chi connectivity index (χ2n) is 5.41. The van der Waals surface area contributed by atoms with Crippen molar-refractivity contribution in [3.05, 3.63) is 48.2 Å². The molecule has 2 amide bonds. The summed E-state index contributed by atoms with van der Waals surface area (Å²) in [6, 6.07) is 5.38. The van der Waals surface area contributed by atoms with Crippen LogP contribution in [0, 0.1) is 11.6 Å². The summed E-state index contributed by atoms with van der Waals surface area (Å²) in [7, 11) is 0. The van der Waals surface area contributed by atoms with Gasteiger partial charge in [0.25, 0.3) is 0 Å². The number of benzene rings is 1. The fraction of sp³-hybridized carbons (Fsp3) is 0.294. The molecule has 0 radical (unpaired) electrons. The predicted octanol–water partition coefficient (Wildman–Crippen LogP) is 4.96. The molecule has 146 valence electrons. The van der Waals surface area contributed by atoms with E-state index in [1.807, 2.05) is 0 Å². The number of carbonyl (C=O) groups excluding carboxylic acids is 1.